The van der Waals surface area contributed by atoms with Gasteiger partial charge >= 0.3 is 0 Å². The minimum atomic E-state index is 0.616. The van der Waals surface area contributed by atoms with Gasteiger partial charge in [0.05, 0.1) is 11.4 Å². The molecule has 0 aliphatic heterocycles. The molecule has 3 nitrogen and oxygen atoms in total. The number of fused-ring (bicyclic) bond motifs is 1. The minimum absolute atomic E-state index is 0.616. The second-order valence-corrected chi connectivity index (χ2v) is 3.14. The topological polar surface area (TPSA) is 49.6 Å². The van der Waals surface area contributed by atoms with Crippen LogP contribution in [0.15, 0.2) is 12.8 Å². The summed E-state index contributed by atoms with van der Waals surface area (Å²) in [5, 5.41) is 7.72. The third-order valence-corrected chi connectivity index (χ3v) is 2.22. The Morgan fingerprint density at radius 1 is 1.46 bits per heavy atom. The van der Waals surface area contributed by atoms with Crippen LogP contribution in [-0.4, -0.2) is 15.7 Å². The Bertz CT molecular complexity index is 368. The molecule has 0 amide bonds. The highest BCUT2D eigenvalue weighted by atomic mass is 14.9. The summed E-state index contributed by atoms with van der Waals surface area (Å²) in [6.45, 7) is 3.61. The molecule has 0 aromatic carbocycles. The van der Waals surface area contributed by atoms with E-state index in [1.54, 1.807) is 6.08 Å². The number of aromatic nitrogens is 2. The van der Waals surface area contributed by atoms with Gasteiger partial charge in [0, 0.05) is 6.20 Å². The lowest BCUT2D eigenvalue weighted by Crippen LogP contribution is -2.14. The highest BCUT2D eigenvalue weighted by molar-refractivity contribution is 5.98. The van der Waals surface area contributed by atoms with E-state index in [1.165, 1.54) is 0 Å². The summed E-state index contributed by atoms with van der Waals surface area (Å²) in [6.07, 6.45) is 6.30. The summed E-state index contributed by atoms with van der Waals surface area (Å²) in [7, 11) is 0. The van der Waals surface area contributed by atoms with Crippen molar-refractivity contribution in [1.29, 1.82) is 5.41 Å². The standard InChI is InChI=1S/C10H11N3/c1-2-9-12-6-7-4-3-5-8(11)10(7)13-9/h2,6,11H,1,3-5H2. The summed E-state index contributed by atoms with van der Waals surface area (Å²) in [5.74, 6) is 0.616. The van der Waals surface area contributed by atoms with Crippen LogP contribution in [-0.2, 0) is 6.42 Å². The fraction of sp³-hybridized carbons (Fsp3) is 0.300. The molecule has 1 aromatic rings. The number of rotatable bonds is 1. The maximum Gasteiger partial charge on any atom is 0.151 e. The van der Waals surface area contributed by atoms with Crippen molar-refractivity contribution in [3.63, 3.8) is 0 Å². The van der Waals surface area contributed by atoms with Gasteiger partial charge in [-0.3, -0.25) is 0 Å². The Labute approximate surface area is 77.1 Å². The van der Waals surface area contributed by atoms with Crippen molar-refractivity contribution in [1.82, 2.24) is 9.97 Å². The van der Waals surface area contributed by atoms with Gasteiger partial charge in [0.2, 0.25) is 0 Å². The van der Waals surface area contributed by atoms with Crippen LogP contribution in [0.2, 0.25) is 0 Å². The highest BCUT2D eigenvalue weighted by Crippen LogP contribution is 2.18. The van der Waals surface area contributed by atoms with Gasteiger partial charge in [0.25, 0.3) is 0 Å². The van der Waals surface area contributed by atoms with Crippen LogP contribution < -0.4 is 0 Å². The summed E-state index contributed by atoms with van der Waals surface area (Å²) >= 11 is 0. The van der Waals surface area contributed by atoms with E-state index in [2.05, 4.69) is 16.5 Å². The Hall–Kier alpha value is -1.51. The van der Waals surface area contributed by atoms with Crippen molar-refractivity contribution in [2.24, 2.45) is 0 Å². The first-order valence-electron chi connectivity index (χ1n) is 4.37. The molecule has 0 unspecified atom stereocenters. The van der Waals surface area contributed by atoms with Crippen LogP contribution in [0.1, 0.15) is 29.9 Å². The van der Waals surface area contributed by atoms with Crippen LogP contribution in [0.3, 0.4) is 0 Å². The van der Waals surface area contributed by atoms with Gasteiger partial charge in [0.15, 0.2) is 5.82 Å². The first-order chi connectivity index (χ1) is 6.31. The summed E-state index contributed by atoms with van der Waals surface area (Å²) in [5.41, 5.74) is 2.55. The predicted molar refractivity (Wildman–Crippen MR) is 51.9 cm³/mol. The van der Waals surface area contributed by atoms with Gasteiger partial charge in [-0.05, 0) is 30.9 Å². The molecule has 1 aromatic heterocycles. The number of hydrogen-bond acceptors (Lipinski definition) is 3. The lowest BCUT2D eigenvalue weighted by atomic mass is 9.96. The van der Waals surface area contributed by atoms with E-state index in [0.29, 0.717) is 11.5 Å². The molecule has 0 atom stereocenters. The second kappa shape index (κ2) is 3.09. The van der Waals surface area contributed by atoms with Crippen molar-refractivity contribution in [2.45, 2.75) is 19.3 Å². The van der Waals surface area contributed by atoms with Crippen LogP contribution in [0.5, 0.6) is 0 Å². The molecule has 66 valence electrons. The van der Waals surface area contributed by atoms with Crippen LogP contribution in [0.4, 0.5) is 0 Å². The Kier molecular flexibility index (Phi) is 1.93. The molecule has 0 saturated carbocycles. The molecule has 3 heteroatoms. The van der Waals surface area contributed by atoms with Gasteiger partial charge in [-0.2, -0.15) is 0 Å². The molecule has 1 aliphatic rings. The Balaban J connectivity index is 2.53. The Morgan fingerprint density at radius 3 is 3.08 bits per heavy atom. The maximum absolute atomic E-state index is 7.72. The third-order valence-electron chi connectivity index (χ3n) is 2.22. The first kappa shape index (κ1) is 8.10. The molecule has 0 fully saturated rings. The number of aryl methyl sites for hydroxylation is 1. The minimum Gasteiger partial charge on any atom is -0.303 e. The van der Waals surface area contributed by atoms with Crippen molar-refractivity contribution in [2.75, 3.05) is 0 Å². The van der Waals surface area contributed by atoms with E-state index in [-0.39, 0.29) is 0 Å². The fourth-order valence-corrected chi connectivity index (χ4v) is 1.54. The van der Waals surface area contributed by atoms with Gasteiger partial charge in [-0.1, -0.05) is 6.58 Å². The number of hydrogen-bond donors (Lipinski definition) is 1. The van der Waals surface area contributed by atoms with Gasteiger partial charge in [-0.25, -0.2) is 9.97 Å². The van der Waals surface area contributed by atoms with E-state index in [9.17, 15) is 0 Å². The summed E-state index contributed by atoms with van der Waals surface area (Å²) < 4.78 is 0. The zero-order valence-corrected chi connectivity index (χ0v) is 7.38. The zero-order chi connectivity index (χ0) is 9.26. The molecule has 0 spiro atoms. The molecular formula is C10H11N3. The third kappa shape index (κ3) is 1.37. The van der Waals surface area contributed by atoms with E-state index >= 15 is 0 Å². The van der Waals surface area contributed by atoms with Crippen LogP contribution in [0, 0.1) is 5.41 Å². The smallest absolute Gasteiger partial charge is 0.151 e. The van der Waals surface area contributed by atoms with Crippen molar-refractivity contribution >= 4 is 11.8 Å². The molecule has 0 bridgehead atoms. The van der Waals surface area contributed by atoms with Gasteiger partial charge < -0.3 is 5.41 Å². The van der Waals surface area contributed by atoms with Crippen LogP contribution in [0.25, 0.3) is 6.08 Å². The molecule has 1 aliphatic carbocycles. The molecule has 0 radical (unpaired) electrons. The lowest BCUT2D eigenvalue weighted by Gasteiger charge is -2.14. The molecule has 1 N–H and O–H groups in total. The SMILES string of the molecule is C=Cc1ncc2c(n1)C(=N)CCC2. The average Bonchev–Trinajstić information content (AvgIpc) is 2.18. The zero-order valence-electron chi connectivity index (χ0n) is 7.38. The molecular weight excluding hydrogens is 162 g/mol. The quantitative estimate of drug-likeness (QED) is 0.704. The Morgan fingerprint density at radius 2 is 2.31 bits per heavy atom. The van der Waals surface area contributed by atoms with E-state index < -0.39 is 0 Å². The lowest BCUT2D eigenvalue weighted by molar-refractivity contribution is 0.811. The van der Waals surface area contributed by atoms with Gasteiger partial charge in [-0.15, -0.1) is 0 Å². The molecule has 13 heavy (non-hydrogen) atoms. The van der Waals surface area contributed by atoms with E-state index in [1.807, 2.05) is 6.20 Å². The highest BCUT2D eigenvalue weighted by Gasteiger charge is 2.15. The largest absolute Gasteiger partial charge is 0.303 e. The normalized spacial score (nSPS) is 15.2. The molecule has 0 saturated heterocycles. The second-order valence-electron chi connectivity index (χ2n) is 3.14. The average molecular weight is 173 g/mol. The fourth-order valence-electron chi connectivity index (χ4n) is 1.54. The number of nitrogens with zero attached hydrogens (tertiary/aromatic N) is 2. The van der Waals surface area contributed by atoms with E-state index in [0.717, 1.165) is 30.5 Å². The van der Waals surface area contributed by atoms with Gasteiger partial charge in [0.1, 0.15) is 0 Å². The van der Waals surface area contributed by atoms with E-state index in [4.69, 9.17) is 5.41 Å². The first-order valence-corrected chi connectivity index (χ1v) is 4.37. The van der Waals surface area contributed by atoms with Crippen molar-refractivity contribution < 1.29 is 0 Å². The monoisotopic (exact) mass is 173 g/mol. The van der Waals surface area contributed by atoms with Crippen molar-refractivity contribution in [3.8, 4) is 0 Å². The molecule has 2 rings (SSSR count). The predicted octanol–water partition coefficient (Wildman–Crippen LogP) is 1.82. The maximum atomic E-state index is 7.72. The van der Waals surface area contributed by atoms with Crippen molar-refractivity contribution in [3.05, 3.63) is 29.9 Å². The summed E-state index contributed by atoms with van der Waals surface area (Å²) in [6, 6.07) is 0. The molecule has 1 heterocycles. The van der Waals surface area contributed by atoms with Crippen LogP contribution >= 0.6 is 0 Å². The summed E-state index contributed by atoms with van der Waals surface area (Å²) in [4.78, 5) is 8.38. The number of nitrogens with one attached hydrogen (secondary N) is 1.